The number of halogens is 1. The van der Waals surface area contributed by atoms with Crippen LogP contribution in [0.4, 0.5) is 0 Å². The first-order chi connectivity index (χ1) is 10.9. The van der Waals surface area contributed by atoms with Crippen molar-refractivity contribution in [2.24, 2.45) is 0 Å². The zero-order valence-corrected chi connectivity index (χ0v) is 15.6. The topological polar surface area (TPSA) is 54.4 Å². The molecule has 0 amide bonds. The van der Waals surface area contributed by atoms with E-state index in [1.807, 2.05) is 19.9 Å². The van der Waals surface area contributed by atoms with Gasteiger partial charge in [-0.2, -0.15) is 0 Å². The summed E-state index contributed by atoms with van der Waals surface area (Å²) in [5.74, 6) is 0. The van der Waals surface area contributed by atoms with Crippen LogP contribution in [0.15, 0.2) is 57.9 Å². The van der Waals surface area contributed by atoms with Crippen molar-refractivity contribution in [3.8, 4) is 0 Å². The van der Waals surface area contributed by atoms with Crippen LogP contribution in [0.5, 0.6) is 0 Å². The second kappa shape index (κ2) is 7.60. The van der Waals surface area contributed by atoms with Crippen molar-refractivity contribution in [2.45, 2.75) is 42.9 Å². The Labute approximate surface area is 146 Å². The highest BCUT2D eigenvalue weighted by Crippen LogP contribution is 2.37. The summed E-state index contributed by atoms with van der Waals surface area (Å²) in [4.78, 5) is 0.235. The van der Waals surface area contributed by atoms with Gasteiger partial charge in [-0.1, -0.05) is 65.2 Å². The SMILES string of the molecule is CCC[C@@H](O)[C@H](c1ccccc1Br)S(=O)(=O)c1ccc(C)cc1. The van der Waals surface area contributed by atoms with Crippen LogP contribution in [-0.2, 0) is 9.84 Å². The van der Waals surface area contributed by atoms with Crippen molar-refractivity contribution < 1.29 is 13.5 Å². The normalized spacial score (nSPS) is 14.4. The summed E-state index contributed by atoms with van der Waals surface area (Å²) in [6, 6.07) is 13.9. The number of rotatable bonds is 6. The summed E-state index contributed by atoms with van der Waals surface area (Å²) < 4.78 is 27.0. The van der Waals surface area contributed by atoms with Crippen molar-refractivity contribution in [1.82, 2.24) is 0 Å². The maximum atomic E-state index is 13.1. The quantitative estimate of drug-likeness (QED) is 0.785. The highest BCUT2D eigenvalue weighted by atomic mass is 79.9. The van der Waals surface area contributed by atoms with E-state index in [4.69, 9.17) is 0 Å². The number of aliphatic hydroxyl groups is 1. The van der Waals surface area contributed by atoms with Gasteiger partial charge in [0.1, 0.15) is 5.25 Å². The molecule has 0 aromatic heterocycles. The van der Waals surface area contributed by atoms with E-state index in [2.05, 4.69) is 15.9 Å². The van der Waals surface area contributed by atoms with E-state index in [-0.39, 0.29) is 4.90 Å². The van der Waals surface area contributed by atoms with Crippen LogP contribution in [0, 0.1) is 6.92 Å². The Bertz CT molecular complexity index is 754. The van der Waals surface area contributed by atoms with Crippen LogP contribution in [0.2, 0.25) is 0 Å². The summed E-state index contributed by atoms with van der Waals surface area (Å²) in [5.41, 5.74) is 1.59. The molecule has 0 heterocycles. The maximum absolute atomic E-state index is 13.1. The second-order valence-corrected chi connectivity index (χ2v) is 8.58. The number of aliphatic hydroxyl groups excluding tert-OH is 1. The Morgan fingerprint density at radius 2 is 1.70 bits per heavy atom. The number of aryl methyl sites for hydroxylation is 1. The smallest absolute Gasteiger partial charge is 0.187 e. The highest BCUT2D eigenvalue weighted by molar-refractivity contribution is 9.10. The van der Waals surface area contributed by atoms with E-state index in [1.54, 1.807) is 42.5 Å². The molecule has 0 unspecified atom stereocenters. The van der Waals surface area contributed by atoms with Gasteiger partial charge in [-0.25, -0.2) is 8.42 Å². The third kappa shape index (κ3) is 4.03. The molecule has 23 heavy (non-hydrogen) atoms. The molecule has 124 valence electrons. The molecule has 0 aliphatic heterocycles. The minimum Gasteiger partial charge on any atom is -0.391 e. The van der Waals surface area contributed by atoms with Crippen LogP contribution in [-0.4, -0.2) is 19.6 Å². The maximum Gasteiger partial charge on any atom is 0.187 e. The third-order valence-electron chi connectivity index (χ3n) is 3.83. The number of hydrogen-bond donors (Lipinski definition) is 1. The molecule has 0 spiro atoms. The van der Waals surface area contributed by atoms with Crippen molar-refractivity contribution in [3.05, 3.63) is 64.1 Å². The van der Waals surface area contributed by atoms with Crippen LogP contribution in [0.1, 0.15) is 36.1 Å². The van der Waals surface area contributed by atoms with E-state index < -0.39 is 21.2 Å². The van der Waals surface area contributed by atoms with E-state index in [0.717, 1.165) is 5.56 Å². The van der Waals surface area contributed by atoms with Gasteiger partial charge in [0, 0.05) is 4.47 Å². The van der Waals surface area contributed by atoms with E-state index >= 15 is 0 Å². The lowest BCUT2D eigenvalue weighted by Gasteiger charge is -2.24. The standard InChI is InChI=1S/C18H21BrO3S/c1-3-6-17(20)18(15-7-4-5-8-16(15)19)23(21,22)14-11-9-13(2)10-12-14/h4-5,7-12,17-18,20H,3,6H2,1-2H3/t17-,18+/m1/s1. The molecule has 2 aromatic rings. The van der Waals surface area contributed by atoms with E-state index in [0.29, 0.717) is 22.9 Å². The lowest BCUT2D eigenvalue weighted by Crippen LogP contribution is -2.27. The molecule has 2 rings (SSSR count). The molecule has 5 heteroatoms. The molecule has 1 N–H and O–H groups in total. The molecular formula is C18H21BrO3S. The summed E-state index contributed by atoms with van der Waals surface area (Å²) in [6.45, 7) is 3.84. The van der Waals surface area contributed by atoms with Crippen LogP contribution < -0.4 is 0 Å². The molecule has 3 nitrogen and oxygen atoms in total. The average Bonchev–Trinajstić information content (AvgIpc) is 2.50. The molecule has 2 aromatic carbocycles. The Kier molecular flexibility index (Phi) is 6.00. The molecule has 2 atom stereocenters. The highest BCUT2D eigenvalue weighted by Gasteiger charge is 2.35. The first-order valence-electron chi connectivity index (χ1n) is 7.61. The minimum absolute atomic E-state index is 0.235. The number of hydrogen-bond acceptors (Lipinski definition) is 3. The molecule has 0 bridgehead atoms. The Morgan fingerprint density at radius 3 is 2.26 bits per heavy atom. The lowest BCUT2D eigenvalue weighted by molar-refractivity contribution is 0.157. The van der Waals surface area contributed by atoms with E-state index in [9.17, 15) is 13.5 Å². The average molecular weight is 397 g/mol. The van der Waals surface area contributed by atoms with Gasteiger partial charge < -0.3 is 5.11 Å². The van der Waals surface area contributed by atoms with E-state index in [1.165, 1.54) is 0 Å². The van der Waals surface area contributed by atoms with Gasteiger partial charge in [0.05, 0.1) is 11.0 Å². The summed E-state index contributed by atoms with van der Waals surface area (Å²) >= 11 is 3.42. The van der Waals surface area contributed by atoms with Crippen LogP contribution in [0.25, 0.3) is 0 Å². The minimum atomic E-state index is -3.69. The second-order valence-electron chi connectivity index (χ2n) is 5.66. The molecular weight excluding hydrogens is 376 g/mol. The van der Waals surface area contributed by atoms with Gasteiger partial charge in [-0.15, -0.1) is 0 Å². The van der Waals surface area contributed by atoms with Crippen molar-refractivity contribution in [1.29, 1.82) is 0 Å². The van der Waals surface area contributed by atoms with Gasteiger partial charge >= 0.3 is 0 Å². The monoisotopic (exact) mass is 396 g/mol. The van der Waals surface area contributed by atoms with Gasteiger partial charge in [0.2, 0.25) is 0 Å². The van der Waals surface area contributed by atoms with Gasteiger partial charge in [-0.05, 0) is 37.1 Å². The molecule has 0 fully saturated rings. The Morgan fingerprint density at radius 1 is 1.09 bits per heavy atom. The van der Waals surface area contributed by atoms with Gasteiger partial charge in [0.25, 0.3) is 0 Å². The molecule has 0 saturated heterocycles. The van der Waals surface area contributed by atoms with Crippen LogP contribution >= 0.6 is 15.9 Å². The van der Waals surface area contributed by atoms with Gasteiger partial charge in [0.15, 0.2) is 9.84 Å². The fraction of sp³-hybridized carbons (Fsp3) is 0.333. The Hall–Kier alpha value is -1.17. The summed E-state index contributed by atoms with van der Waals surface area (Å²) in [5, 5.41) is 9.55. The fourth-order valence-electron chi connectivity index (χ4n) is 2.61. The third-order valence-corrected chi connectivity index (χ3v) is 6.72. The van der Waals surface area contributed by atoms with Crippen molar-refractivity contribution >= 4 is 25.8 Å². The van der Waals surface area contributed by atoms with Crippen molar-refractivity contribution in [2.75, 3.05) is 0 Å². The van der Waals surface area contributed by atoms with Crippen molar-refractivity contribution in [3.63, 3.8) is 0 Å². The zero-order chi connectivity index (χ0) is 17.0. The first-order valence-corrected chi connectivity index (χ1v) is 9.95. The summed E-state index contributed by atoms with van der Waals surface area (Å²) in [7, 11) is -3.69. The number of benzene rings is 2. The fourth-order valence-corrected chi connectivity index (χ4v) is 5.19. The summed E-state index contributed by atoms with van der Waals surface area (Å²) in [6.07, 6.45) is 0.188. The Balaban J connectivity index is 2.57. The molecule has 0 saturated carbocycles. The predicted molar refractivity (Wildman–Crippen MR) is 96.2 cm³/mol. The molecule has 0 aliphatic carbocycles. The zero-order valence-electron chi connectivity index (χ0n) is 13.2. The number of sulfone groups is 1. The largest absolute Gasteiger partial charge is 0.391 e. The molecule has 0 radical (unpaired) electrons. The first kappa shape index (κ1) is 18.2. The van der Waals surface area contributed by atoms with Crippen LogP contribution in [0.3, 0.4) is 0 Å². The van der Waals surface area contributed by atoms with Gasteiger partial charge in [-0.3, -0.25) is 0 Å². The molecule has 0 aliphatic rings. The lowest BCUT2D eigenvalue weighted by atomic mass is 10.0. The predicted octanol–water partition coefficient (Wildman–Crippen LogP) is 4.43.